The highest BCUT2D eigenvalue weighted by Gasteiger charge is 2.16. The van der Waals surface area contributed by atoms with Crippen molar-refractivity contribution in [2.75, 3.05) is 32.6 Å². The molecule has 0 aliphatic carbocycles. The molecule has 0 saturated heterocycles. The van der Waals surface area contributed by atoms with Crippen molar-refractivity contribution in [3.63, 3.8) is 0 Å². The summed E-state index contributed by atoms with van der Waals surface area (Å²) in [7, 11) is 2.99. The summed E-state index contributed by atoms with van der Waals surface area (Å²) in [5.74, 6) is -0.0486. The van der Waals surface area contributed by atoms with Crippen molar-refractivity contribution in [3.8, 4) is 11.5 Å². The number of benzene rings is 1. The molecule has 0 fully saturated rings. The van der Waals surface area contributed by atoms with Gasteiger partial charge in [-0.2, -0.15) is 0 Å². The fourth-order valence-corrected chi connectivity index (χ4v) is 1.60. The number of urea groups is 1. The Morgan fingerprint density at radius 2 is 2.00 bits per heavy atom. The van der Waals surface area contributed by atoms with Gasteiger partial charge in [0.25, 0.3) is 0 Å². The van der Waals surface area contributed by atoms with Gasteiger partial charge in [-0.25, -0.2) is 4.79 Å². The fourth-order valence-electron chi connectivity index (χ4n) is 1.60. The molecule has 7 heteroatoms. The number of carbonyl (C=O) groups is 2. The largest absolute Gasteiger partial charge is 0.497 e. The number of carboxylic acid groups (broad SMARTS) is 1. The van der Waals surface area contributed by atoms with Crippen LogP contribution in [0.25, 0.3) is 0 Å². The van der Waals surface area contributed by atoms with Crippen LogP contribution >= 0.6 is 0 Å². The summed E-state index contributed by atoms with van der Waals surface area (Å²) >= 11 is 0. The van der Waals surface area contributed by atoms with Gasteiger partial charge in [0.2, 0.25) is 0 Å². The van der Waals surface area contributed by atoms with Gasteiger partial charge in [0.05, 0.1) is 19.9 Å². The Hall–Kier alpha value is -2.44. The molecule has 0 bridgehead atoms. The Kier molecular flexibility index (Phi) is 5.64. The average molecular weight is 282 g/mol. The van der Waals surface area contributed by atoms with Gasteiger partial charge in [-0.3, -0.25) is 4.79 Å². The predicted molar refractivity (Wildman–Crippen MR) is 73.4 cm³/mol. The molecule has 7 nitrogen and oxygen atoms in total. The van der Waals surface area contributed by atoms with Crippen LogP contribution in [0.5, 0.6) is 11.5 Å². The molecule has 0 radical (unpaired) electrons. The molecule has 0 atom stereocenters. The average Bonchev–Trinajstić information content (AvgIpc) is 2.44. The van der Waals surface area contributed by atoms with Crippen LogP contribution in [0.3, 0.4) is 0 Å². The first-order valence-electron chi connectivity index (χ1n) is 6.01. The third-order valence-electron chi connectivity index (χ3n) is 2.64. The highest BCUT2D eigenvalue weighted by Crippen LogP contribution is 2.29. The van der Waals surface area contributed by atoms with E-state index in [2.05, 4.69) is 5.32 Å². The minimum Gasteiger partial charge on any atom is -0.497 e. The first-order chi connectivity index (χ1) is 9.51. The van der Waals surface area contributed by atoms with E-state index in [4.69, 9.17) is 14.6 Å². The van der Waals surface area contributed by atoms with Gasteiger partial charge in [-0.05, 0) is 19.1 Å². The molecule has 110 valence electrons. The second-order valence-corrected chi connectivity index (χ2v) is 3.90. The van der Waals surface area contributed by atoms with E-state index in [0.29, 0.717) is 17.2 Å². The first-order valence-corrected chi connectivity index (χ1v) is 6.01. The molecule has 1 rings (SSSR count). The molecule has 1 aromatic carbocycles. The number of carboxylic acids is 1. The molecule has 0 aliphatic rings. The summed E-state index contributed by atoms with van der Waals surface area (Å²) in [5.41, 5.74) is 0.417. The zero-order valence-corrected chi connectivity index (χ0v) is 11.7. The van der Waals surface area contributed by atoms with E-state index >= 15 is 0 Å². The number of aliphatic carboxylic acids is 1. The minimum atomic E-state index is -1.07. The maximum atomic E-state index is 12.0. The summed E-state index contributed by atoms with van der Waals surface area (Å²) in [4.78, 5) is 23.9. The number of hydrogen-bond acceptors (Lipinski definition) is 4. The van der Waals surface area contributed by atoms with Crippen LogP contribution < -0.4 is 14.8 Å². The number of anilines is 1. The highest BCUT2D eigenvalue weighted by molar-refractivity contribution is 5.93. The van der Waals surface area contributed by atoms with E-state index in [9.17, 15) is 9.59 Å². The van der Waals surface area contributed by atoms with E-state index in [1.165, 1.54) is 19.1 Å². The molecule has 2 N–H and O–H groups in total. The molecular weight excluding hydrogens is 264 g/mol. The zero-order chi connectivity index (χ0) is 15.1. The maximum absolute atomic E-state index is 12.0. The molecular formula is C13H18N2O5. The Morgan fingerprint density at radius 1 is 1.30 bits per heavy atom. The monoisotopic (exact) mass is 282 g/mol. The van der Waals surface area contributed by atoms with Crippen LogP contribution in [0, 0.1) is 0 Å². The molecule has 20 heavy (non-hydrogen) atoms. The summed E-state index contributed by atoms with van der Waals surface area (Å²) in [6.07, 6.45) is 0. The molecule has 0 aromatic heterocycles. The number of rotatable bonds is 6. The Morgan fingerprint density at radius 3 is 2.50 bits per heavy atom. The highest BCUT2D eigenvalue weighted by atomic mass is 16.5. The SMILES string of the molecule is CCN(CC(=O)O)C(=O)Nc1cc(OC)ccc1OC. The van der Waals surface area contributed by atoms with Gasteiger partial charge in [0.1, 0.15) is 18.0 Å². The number of amides is 2. The van der Waals surface area contributed by atoms with Crippen LogP contribution in [0.2, 0.25) is 0 Å². The smallest absolute Gasteiger partial charge is 0.323 e. The lowest BCUT2D eigenvalue weighted by atomic mass is 10.2. The van der Waals surface area contributed by atoms with Crippen LogP contribution in [-0.4, -0.2) is 49.3 Å². The predicted octanol–water partition coefficient (Wildman–Crippen LogP) is 1.64. The normalized spacial score (nSPS) is 9.75. The van der Waals surface area contributed by atoms with Crippen molar-refractivity contribution in [1.82, 2.24) is 4.90 Å². The Balaban J connectivity index is 2.90. The third kappa shape index (κ3) is 4.04. The molecule has 1 aromatic rings. The van der Waals surface area contributed by atoms with Gasteiger partial charge in [-0.1, -0.05) is 0 Å². The van der Waals surface area contributed by atoms with E-state index in [1.807, 2.05) is 0 Å². The number of hydrogen-bond donors (Lipinski definition) is 2. The van der Waals surface area contributed by atoms with E-state index in [1.54, 1.807) is 25.1 Å². The minimum absolute atomic E-state index is 0.282. The lowest BCUT2D eigenvalue weighted by Crippen LogP contribution is -2.38. The summed E-state index contributed by atoms with van der Waals surface area (Å²) in [6, 6.07) is 4.44. The number of carbonyl (C=O) groups excluding carboxylic acids is 1. The molecule has 0 spiro atoms. The second kappa shape index (κ2) is 7.22. The lowest BCUT2D eigenvalue weighted by molar-refractivity contribution is -0.137. The van der Waals surface area contributed by atoms with Crippen molar-refractivity contribution in [1.29, 1.82) is 0 Å². The molecule has 0 unspecified atom stereocenters. The number of nitrogens with one attached hydrogen (secondary N) is 1. The van der Waals surface area contributed by atoms with Gasteiger partial charge < -0.3 is 24.8 Å². The van der Waals surface area contributed by atoms with E-state index in [-0.39, 0.29) is 13.1 Å². The third-order valence-corrected chi connectivity index (χ3v) is 2.64. The van der Waals surface area contributed by atoms with Crippen molar-refractivity contribution in [2.45, 2.75) is 6.92 Å². The molecule has 0 aliphatic heterocycles. The Bertz CT molecular complexity index is 490. The van der Waals surface area contributed by atoms with Gasteiger partial charge >= 0.3 is 12.0 Å². The summed E-state index contributed by atoms with van der Waals surface area (Å²) in [6.45, 7) is 1.62. The van der Waals surface area contributed by atoms with E-state index < -0.39 is 12.0 Å². The molecule has 2 amide bonds. The van der Waals surface area contributed by atoms with Crippen LogP contribution in [0.15, 0.2) is 18.2 Å². The summed E-state index contributed by atoms with van der Waals surface area (Å²) in [5, 5.41) is 11.4. The number of likely N-dealkylation sites (N-methyl/N-ethyl adjacent to an activating group) is 1. The van der Waals surface area contributed by atoms with Crippen molar-refractivity contribution in [2.24, 2.45) is 0 Å². The van der Waals surface area contributed by atoms with Crippen molar-refractivity contribution in [3.05, 3.63) is 18.2 Å². The van der Waals surface area contributed by atoms with E-state index in [0.717, 1.165) is 0 Å². The molecule has 0 saturated carbocycles. The van der Waals surface area contributed by atoms with Gasteiger partial charge in [0, 0.05) is 12.6 Å². The van der Waals surface area contributed by atoms with Crippen molar-refractivity contribution < 1.29 is 24.2 Å². The quantitative estimate of drug-likeness (QED) is 0.828. The molecule has 0 heterocycles. The first kappa shape index (κ1) is 15.6. The van der Waals surface area contributed by atoms with Gasteiger partial charge in [-0.15, -0.1) is 0 Å². The van der Waals surface area contributed by atoms with Crippen molar-refractivity contribution >= 4 is 17.7 Å². The lowest BCUT2D eigenvalue weighted by Gasteiger charge is -2.20. The van der Waals surface area contributed by atoms with Crippen LogP contribution in [0.1, 0.15) is 6.92 Å². The summed E-state index contributed by atoms with van der Waals surface area (Å²) < 4.78 is 10.2. The fraction of sp³-hybridized carbons (Fsp3) is 0.385. The van der Waals surface area contributed by atoms with Gasteiger partial charge in [0.15, 0.2) is 0 Å². The topological polar surface area (TPSA) is 88.1 Å². The standard InChI is InChI=1S/C13H18N2O5/c1-4-15(8-12(16)17)13(18)14-10-7-9(19-2)5-6-11(10)20-3/h5-7H,4,8H2,1-3H3,(H,14,18)(H,16,17). The number of ether oxygens (including phenoxy) is 2. The maximum Gasteiger partial charge on any atom is 0.323 e. The zero-order valence-electron chi connectivity index (χ0n) is 11.7. The second-order valence-electron chi connectivity index (χ2n) is 3.90. The number of methoxy groups -OCH3 is 2. The van der Waals surface area contributed by atoms with Crippen LogP contribution in [-0.2, 0) is 4.79 Å². The van der Waals surface area contributed by atoms with Crippen LogP contribution in [0.4, 0.5) is 10.5 Å². The Labute approximate surface area is 117 Å². The number of nitrogens with zero attached hydrogens (tertiary/aromatic N) is 1.